The van der Waals surface area contributed by atoms with Gasteiger partial charge >= 0.3 is 0 Å². The highest BCUT2D eigenvalue weighted by Gasteiger charge is 2.28. The molecule has 114 valence electrons. The fourth-order valence-corrected chi connectivity index (χ4v) is 3.52. The second-order valence-corrected chi connectivity index (χ2v) is 7.05. The van der Waals surface area contributed by atoms with E-state index in [-0.39, 0.29) is 11.5 Å². The lowest BCUT2D eigenvalue weighted by Crippen LogP contribution is -2.12. The van der Waals surface area contributed by atoms with Gasteiger partial charge < -0.3 is 9.67 Å². The maximum atomic E-state index is 12.4. The topological polar surface area (TPSA) is 89.2 Å². The van der Waals surface area contributed by atoms with E-state index < -0.39 is 10.0 Å². The van der Waals surface area contributed by atoms with Gasteiger partial charge in [-0.15, -0.1) is 0 Å². The number of aryl methyl sites for hydroxylation is 2. The average Bonchev–Trinajstić information content (AvgIpc) is 3.07. The van der Waals surface area contributed by atoms with E-state index in [0.29, 0.717) is 23.1 Å². The Bertz CT molecular complexity index is 771. The Balaban J connectivity index is 1.93. The van der Waals surface area contributed by atoms with Crippen LogP contribution in [0.5, 0.6) is 0 Å². The summed E-state index contributed by atoms with van der Waals surface area (Å²) >= 11 is 0. The maximum Gasteiger partial charge on any atom is 0.263 e. The Morgan fingerprint density at radius 1 is 1.43 bits per heavy atom. The van der Waals surface area contributed by atoms with Crippen molar-refractivity contribution >= 4 is 15.7 Å². The molecule has 1 aliphatic carbocycles. The molecule has 2 N–H and O–H groups in total. The van der Waals surface area contributed by atoms with E-state index in [4.69, 9.17) is 0 Å². The highest BCUT2D eigenvalue weighted by molar-refractivity contribution is 7.92. The van der Waals surface area contributed by atoms with Crippen molar-refractivity contribution in [1.82, 2.24) is 14.3 Å². The van der Waals surface area contributed by atoms with Gasteiger partial charge in [-0.2, -0.15) is 5.10 Å². The Kier molecular flexibility index (Phi) is 3.29. The summed E-state index contributed by atoms with van der Waals surface area (Å²) in [5, 5.41) is 13.5. The molecule has 0 aliphatic heterocycles. The Labute approximate surface area is 123 Å². The molecule has 0 saturated heterocycles. The number of aliphatic hydroxyl groups is 1. The minimum Gasteiger partial charge on any atom is -0.390 e. The lowest BCUT2D eigenvalue weighted by molar-refractivity contribution is 0.270. The lowest BCUT2D eigenvalue weighted by Gasteiger charge is -2.05. The molecular formula is C13H18N4O3S. The molecule has 8 heteroatoms. The van der Waals surface area contributed by atoms with Crippen molar-refractivity contribution in [2.75, 3.05) is 4.72 Å². The normalized spacial score (nSPS) is 15.4. The monoisotopic (exact) mass is 310 g/mol. The molecular weight excluding hydrogens is 292 g/mol. The standard InChI is InChI=1S/C13H18N4O3S/c1-9-13(7-16(2)14-9)15-21(19,20)12-5-11(8-18)17(6-12)10-3-4-10/h5-7,10,15,18H,3-4,8H2,1-2H3. The number of anilines is 1. The van der Waals surface area contributed by atoms with Crippen LogP contribution in [0.4, 0.5) is 5.69 Å². The molecule has 2 aromatic rings. The van der Waals surface area contributed by atoms with Gasteiger partial charge in [0.05, 0.1) is 18.0 Å². The van der Waals surface area contributed by atoms with E-state index in [0.717, 1.165) is 12.8 Å². The molecule has 2 aromatic heterocycles. The molecule has 2 heterocycles. The second kappa shape index (κ2) is 4.88. The van der Waals surface area contributed by atoms with Crippen LogP contribution in [0.1, 0.15) is 30.3 Å². The SMILES string of the molecule is Cc1nn(C)cc1NS(=O)(=O)c1cc(CO)n(C2CC2)c1. The predicted octanol–water partition coefficient (Wildman–Crippen LogP) is 1.16. The number of hydrogen-bond acceptors (Lipinski definition) is 4. The van der Waals surface area contributed by atoms with E-state index in [9.17, 15) is 13.5 Å². The van der Waals surface area contributed by atoms with Gasteiger partial charge in [-0.3, -0.25) is 9.40 Å². The van der Waals surface area contributed by atoms with Gasteiger partial charge in [0, 0.05) is 31.2 Å². The number of sulfonamides is 1. The van der Waals surface area contributed by atoms with E-state index >= 15 is 0 Å². The minimum absolute atomic E-state index is 0.168. The first-order chi connectivity index (χ1) is 9.90. The number of nitrogens with zero attached hydrogens (tertiary/aromatic N) is 3. The molecule has 21 heavy (non-hydrogen) atoms. The van der Waals surface area contributed by atoms with Crippen LogP contribution in [0.15, 0.2) is 23.4 Å². The fourth-order valence-electron chi connectivity index (χ4n) is 2.37. The fraction of sp³-hybridized carbons (Fsp3) is 0.462. The van der Waals surface area contributed by atoms with Crippen LogP contribution in [0.25, 0.3) is 0 Å². The van der Waals surface area contributed by atoms with Crippen LogP contribution in [0.3, 0.4) is 0 Å². The summed E-state index contributed by atoms with van der Waals surface area (Å²) in [6, 6.07) is 1.84. The smallest absolute Gasteiger partial charge is 0.263 e. The van der Waals surface area contributed by atoms with E-state index in [2.05, 4.69) is 9.82 Å². The van der Waals surface area contributed by atoms with Gasteiger partial charge in [-0.1, -0.05) is 0 Å². The lowest BCUT2D eigenvalue weighted by atomic mass is 10.4. The van der Waals surface area contributed by atoms with E-state index in [1.165, 1.54) is 6.07 Å². The molecule has 1 fully saturated rings. The van der Waals surface area contributed by atoms with Gasteiger partial charge in [-0.05, 0) is 25.8 Å². The zero-order valence-electron chi connectivity index (χ0n) is 11.9. The third kappa shape index (κ3) is 2.68. The summed E-state index contributed by atoms with van der Waals surface area (Å²) in [6.45, 7) is 1.57. The summed E-state index contributed by atoms with van der Waals surface area (Å²) in [5.41, 5.74) is 1.70. The third-order valence-electron chi connectivity index (χ3n) is 3.58. The molecule has 3 rings (SSSR count). The summed E-state index contributed by atoms with van der Waals surface area (Å²) in [4.78, 5) is 0.168. The van der Waals surface area contributed by atoms with Crippen molar-refractivity contribution in [1.29, 1.82) is 0 Å². The molecule has 1 aliphatic rings. The number of rotatable bonds is 5. The summed E-state index contributed by atoms with van der Waals surface area (Å²) in [7, 11) is -1.94. The van der Waals surface area contributed by atoms with Crippen molar-refractivity contribution < 1.29 is 13.5 Å². The summed E-state index contributed by atoms with van der Waals surface area (Å²) in [6.07, 6.45) is 5.27. The van der Waals surface area contributed by atoms with Crippen molar-refractivity contribution in [2.24, 2.45) is 7.05 Å². The highest BCUT2D eigenvalue weighted by atomic mass is 32.2. The van der Waals surface area contributed by atoms with Crippen molar-refractivity contribution in [3.05, 3.63) is 29.8 Å². The first kappa shape index (κ1) is 14.2. The molecule has 0 spiro atoms. The van der Waals surface area contributed by atoms with Crippen LogP contribution in [-0.4, -0.2) is 27.9 Å². The number of aromatic nitrogens is 3. The van der Waals surface area contributed by atoms with E-state index in [1.807, 2.05) is 4.57 Å². The molecule has 0 radical (unpaired) electrons. The molecule has 0 bridgehead atoms. The zero-order chi connectivity index (χ0) is 15.2. The predicted molar refractivity (Wildman–Crippen MR) is 77.4 cm³/mol. The second-order valence-electron chi connectivity index (χ2n) is 5.37. The quantitative estimate of drug-likeness (QED) is 0.867. The Morgan fingerprint density at radius 3 is 2.67 bits per heavy atom. The van der Waals surface area contributed by atoms with Gasteiger partial charge in [0.2, 0.25) is 0 Å². The van der Waals surface area contributed by atoms with Gasteiger partial charge in [0.15, 0.2) is 0 Å². The minimum atomic E-state index is -3.68. The first-order valence-corrected chi connectivity index (χ1v) is 8.23. The van der Waals surface area contributed by atoms with Crippen LogP contribution < -0.4 is 4.72 Å². The number of nitrogens with one attached hydrogen (secondary N) is 1. The molecule has 0 atom stereocenters. The largest absolute Gasteiger partial charge is 0.390 e. The molecule has 1 saturated carbocycles. The molecule has 0 amide bonds. The van der Waals surface area contributed by atoms with Crippen LogP contribution in [-0.2, 0) is 23.7 Å². The zero-order valence-corrected chi connectivity index (χ0v) is 12.8. The summed E-state index contributed by atoms with van der Waals surface area (Å²) in [5.74, 6) is 0. The summed E-state index contributed by atoms with van der Waals surface area (Å²) < 4.78 is 30.8. The Hall–Kier alpha value is -1.80. The van der Waals surface area contributed by atoms with Crippen LogP contribution >= 0.6 is 0 Å². The van der Waals surface area contributed by atoms with Gasteiger partial charge in [0.25, 0.3) is 10.0 Å². The van der Waals surface area contributed by atoms with Gasteiger partial charge in [-0.25, -0.2) is 8.42 Å². The number of hydrogen-bond donors (Lipinski definition) is 2. The first-order valence-electron chi connectivity index (χ1n) is 6.75. The van der Waals surface area contributed by atoms with E-state index in [1.54, 1.807) is 31.0 Å². The van der Waals surface area contributed by atoms with Crippen LogP contribution in [0.2, 0.25) is 0 Å². The van der Waals surface area contributed by atoms with Crippen LogP contribution in [0, 0.1) is 6.92 Å². The van der Waals surface area contributed by atoms with Gasteiger partial charge in [0.1, 0.15) is 4.90 Å². The molecule has 0 unspecified atom stereocenters. The highest BCUT2D eigenvalue weighted by Crippen LogP contribution is 2.37. The van der Waals surface area contributed by atoms with Crippen molar-refractivity contribution in [3.8, 4) is 0 Å². The van der Waals surface area contributed by atoms with Crippen molar-refractivity contribution in [3.63, 3.8) is 0 Å². The molecule has 7 nitrogen and oxygen atoms in total. The number of aliphatic hydroxyl groups excluding tert-OH is 1. The Morgan fingerprint density at radius 2 is 2.14 bits per heavy atom. The third-order valence-corrected chi connectivity index (χ3v) is 4.91. The van der Waals surface area contributed by atoms with Crippen molar-refractivity contribution in [2.45, 2.75) is 37.3 Å². The maximum absolute atomic E-state index is 12.4. The molecule has 0 aromatic carbocycles. The average molecular weight is 310 g/mol.